The molecule has 1 N–H and O–H groups in total. The van der Waals surface area contributed by atoms with Crippen LogP contribution in [0.25, 0.3) is 0 Å². The Kier molecular flexibility index (Phi) is 7.20. The molecule has 1 aromatic carbocycles. The number of rotatable bonds is 8. The number of anilines is 1. The van der Waals surface area contributed by atoms with E-state index >= 15 is 0 Å². The fourth-order valence-electron chi connectivity index (χ4n) is 6.15. The number of alkyl halides is 3. The SMILES string of the molecule is COc1ncc(C2CCC(N3C[C@@H]4C(C(=O)CCC(=O)Nc5cccc(C(F)(F)F)c5)[C@@H]4C3)CC2)cn1. The highest BCUT2D eigenvalue weighted by Gasteiger charge is 2.59. The summed E-state index contributed by atoms with van der Waals surface area (Å²) in [6.07, 6.45) is 3.76. The van der Waals surface area contributed by atoms with Crippen LogP contribution in [0.5, 0.6) is 6.01 Å². The van der Waals surface area contributed by atoms with Crippen LogP contribution in [-0.2, 0) is 15.8 Å². The third-order valence-corrected chi connectivity index (χ3v) is 8.18. The molecule has 1 amide bonds. The summed E-state index contributed by atoms with van der Waals surface area (Å²) >= 11 is 0. The highest BCUT2D eigenvalue weighted by Crippen LogP contribution is 2.54. The Balaban J connectivity index is 1.03. The molecule has 2 aromatic rings. The maximum absolute atomic E-state index is 12.9. The van der Waals surface area contributed by atoms with Crippen LogP contribution in [0.1, 0.15) is 55.6 Å². The lowest BCUT2D eigenvalue weighted by atomic mass is 9.82. The number of methoxy groups -OCH3 is 1. The summed E-state index contributed by atoms with van der Waals surface area (Å²) in [6.45, 7) is 1.86. The number of nitrogens with one attached hydrogen (secondary N) is 1. The summed E-state index contributed by atoms with van der Waals surface area (Å²) < 4.78 is 43.6. The second-order valence-electron chi connectivity index (χ2n) is 10.4. The van der Waals surface area contributed by atoms with E-state index in [1.165, 1.54) is 12.1 Å². The molecular weight excluding hydrogens is 485 g/mol. The van der Waals surface area contributed by atoms with Crippen molar-refractivity contribution in [1.29, 1.82) is 0 Å². The van der Waals surface area contributed by atoms with E-state index in [1.54, 1.807) is 7.11 Å². The number of Topliss-reactive ketones (excluding diaryl/α,β-unsaturated/α-hetero) is 1. The zero-order valence-corrected chi connectivity index (χ0v) is 20.7. The van der Waals surface area contributed by atoms with Crippen LogP contribution in [-0.4, -0.2) is 52.8 Å². The van der Waals surface area contributed by atoms with Gasteiger partial charge in [0.25, 0.3) is 0 Å². The van der Waals surface area contributed by atoms with Crippen molar-refractivity contribution in [2.75, 3.05) is 25.5 Å². The van der Waals surface area contributed by atoms with E-state index in [2.05, 4.69) is 20.2 Å². The lowest BCUT2D eigenvalue weighted by Gasteiger charge is -2.35. The Morgan fingerprint density at radius 2 is 1.73 bits per heavy atom. The molecule has 0 spiro atoms. The van der Waals surface area contributed by atoms with Gasteiger partial charge in [-0.05, 0) is 67.2 Å². The second-order valence-corrected chi connectivity index (χ2v) is 10.4. The molecule has 5 rings (SSSR count). The summed E-state index contributed by atoms with van der Waals surface area (Å²) in [5.74, 6) is 0.871. The van der Waals surface area contributed by atoms with Crippen molar-refractivity contribution in [3.05, 3.63) is 47.8 Å². The van der Waals surface area contributed by atoms with Gasteiger partial charge in [0, 0.05) is 56.0 Å². The van der Waals surface area contributed by atoms with Crippen molar-refractivity contribution in [1.82, 2.24) is 14.9 Å². The Labute approximate surface area is 213 Å². The molecule has 198 valence electrons. The number of piperidine rings is 1. The van der Waals surface area contributed by atoms with E-state index in [1.807, 2.05) is 12.4 Å². The number of carbonyl (C=O) groups is 2. The van der Waals surface area contributed by atoms with Crippen LogP contribution >= 0.6 is 0 Å². The number of aromatic nitrogens is 2. The highest BCUT2D eigenvalue weighted by molar-refractivity contribution is 5.94. The van der Waals surface area contributed by atoms with Crippen LogP contribution in [0.15, 0.2) is 36.7 Å². The van der Waals surface area contributed by atoms with Crippen molar-refractivity contribution < 1.29 is 27.5 Å². The minimum Gasteiger partial charge on any atom is -0.467 e. The van der Waals surface area contributed by atoms with Gasteiger partial charge in [0.1, 0.15) is 5.78 Å². The van der Waals surface area contributed by atoms with Crippen molar-refractivity contribution in [2.24, 2.45) is 17.8 Å². The molecule has 1 unspecified atom stereocenters. The Morgan fingerprint density at radius 3 is 2.35 bits per heavy atom. The van der Waals surface area contributed by atoms with E-state index < -0.39 is 17.6 Å². The van der Waals surface area contributed by atoms with Crippen LogP contribution in [0.4, 0.5) is 18.9 Å². The Hall–Kier alpha value is -3.01. The molecule has 2 heterocycles. The van der Waals surface area contributed by atoms with Crippen molar-refractivity contribution in [3.63, 3.8) is 0 Å². The summed E-state index contributed by atoms with van der Waals surface area (Å²) in [5, 5.41) is 2.48. The van der Waals surface area contributed by atoms with E-state index in [4.69, 9.17) is 4.74 Å². The number of hydrogen-bond donors (Lipinski definition) is 1. The van der Waals surface area contributed by atoms with Crippen molar-refractivity contribution in [3.8, 4) is 6.01 Å². The fourth-order valence-corrected chi connectivity index (χ4v) is 6.15. The van der Waals surface area contributed by atoms with Crippen LogP contribution in [0.3, 0.4) is 0 Å². The molecule has 1 aromatic heterocycles. The molecule has 2 aliphatic carbocycles. The average molecular weight is 517 g/mol. The summed E-state index contributed by atoms with van der Waals surface area (Å²) in [5.41, 5.74) is 0.423. The molecule has 1 saturated heterocycles. The number of amides is 1. The number of halogens is 3. The lowest BCUT2D eigenvalue weighted by molar-refractivity contribution is -0.137. The topological polar surface area (TPSA) is 84.4 Å². The number of ether oxygens (including phenoxy) is 1. The van der Waals surface area contributed by atoms with E-state index in [0.29, 0.717) is 29.8 Å². The smallest absolute Gasteiger partial charge is 0.416 e. The average Bonchev–Trinajstić information content (AvgIpc) is 3.40. The summed E-state index contributed by atoms with van der Waals surface area (Å²) in [4.78, 5) is 35.9. The van der Waals surface area contributed by atoms with Gasteiger partial charge in [-0.3, -0.25) is 14.5 Å². The van der Waals surface area contributed by atoms with Gasteiger partial charge in [-0.15, -0.1) is 0 Å². The first-order chi connectivity index (χ1) is 17.7. The maximum Gasteiger partial charge on any atom is 0.416 e. The predicted octanol–water partition coefficient (Wildman–Crippen LogP) is 4.70. The summed E-state index contributed by atoms with van der Waals surface area (Å²) in [7, 11) is 1.56. The molecule has 3 fully saturated rings. The molecular formula is C27H31F3N4O3. The molecule has 7 nitrogen and oxygen atoms in total. The number of hydrogen-bond acceptors (Lipinski definition) is 6. The van der Waals surface area contributed by atoms with Gasteiger partial charge in [-0.2, -0.15) is 13.2 Å². The minimum atomic E-state index is -4.47. The number of ketones is 1. The standard InChI is InChI=1S/C27H31F3N4O3/c1-37-26-31-12-17(13-32-26)16-5-7-20(8-6-16)34-14-21-22(15-34)25(21)23(35)9-10-24(36)33-19-4-2-3-18(11-19)27(28,29)30/h2-4,11-13,16,20-22,25H,5-10,14-15H2,1H3,(H,33,36)/t16?,20?,21-,22+,25?. The second kappa shape index (κ2) is 10.4. The number of fused-ring (bicyclic) bond motifs is 1. The van der Waals surface area contributed by atoms with Gasteiger partial charge >= 0.3 is 12.2 Å². The van der Waals surface area contributed by atoms with Gasteiger partial charge in [-0.1, -0.05) is 6.07 Å². The zero-order chi connectivity index (χ0) is 26.2. The summed E-state index contributed by atoms with van der Waals surface area (Å²) in [6, 6.07) is 5.44. The highest BCUT2D eigenvalue weighted by atomic mass is 19.4. The molecule has 0 bridgehead atoms. The Bertz CT molecular complexity index is 1120. The molecule has 3 atom stereocenters. The zero-order valence-electron chi connectivity index (χ0n) is 20.7. The molecule has 1 aliphatic heterocycles. The molecule has 37 heavy (non-hydrogen) atoms. The lowest BCUT2D eigenvalue weighted by Crippen LogP contribution is -2.38. The minimum absolute atomic E-state index is 0.0189. The van der Waals surface area contributed by atoms with Crippen LogP contribution < -0.4 is 10.1 Å². The first kappa shape index (κ1) is 25.6. The van der Waals surface area contributed by atoms with E-state index in [9.17, 15) is 22.8 Å². The van der Waals surface area contributed by atoms with Crippen molar-refractivity contribution >= 4 is 17.4 Å². The maximum atomic E-state index is 12.9. The number of likely N-dealkylation sites (tertiary alicyclic amines) is 1. The normalized spacial score (nSPS) is 27.4. The fraction of sp³-hybridized carbons (Fsp3) is 0.556. The quantitative estimate of drug-likeness (QED) is 0.548. The first-order valence-corrected chi connectivity index (χ1v) is 12.8. The number of carbonyl (C=O) groups excluding carboxylic acids is 2. The van der Waals surface area contributed by atoms with E-state index in [-0.39, 0.29) is 30.2 Å². The van der Waals surface area contributed by atoms with Crippen LogP contribution in [0, 0.1) is 17.8 Å². The predicted molar refractivity (Wildman–Crippen MR) is 130 cm³/mol. The largest absolute Gasteiger partial charge is 0.467 e. The van der Waals surface area contributed by atoms with Gasteiger partial charge in [-0.25, -0.2) is 9.97 Å². The third kappa shape index (κ3) is 5.79. The van der Waals surface area contributed by atoms with Gasteiger partial charge in [0.15, 0.2) is 0 Å². The number of nitrogens with zero attached hydrogens (tertiary/aromatic N) is 3. The molecule has 10 heteroatoms. The molecule has 2 saturated carbocycles. The van der Waals surface area contributed by atoms with Gasteiger partial charge < -0.3 is 10.1 Å². The van der Waals surface area contributed by atoms with E-state index in [0.717, 1.165) is 56.5 Å². The molecule has 0 radical (unpaired) electrons. The third-order valence-electron chi connectivity index (χ3n) is 8.18. The van der Waals surface area contributed by atoms with Crippen LogP contribution in [0.2, 0.25) is 0 Å². The monoisotopic (exact) mass is 516 g/mol. The first-order valence-electron chi connectivity index (χ1n) is 12.8. The van der Waals surface area contributed by atoms with Crippen molar-refractivity contribution in [2.45, 2.75) is 56.7 Å². The number of benzene rings is 1. The Morgan fingerprint density at radius 1 is 1.05 bits per heavy atom. The van der Waals surface area contributed by atoms with Gasteiger partial charge in [0.05, 0.1) is 12.7 Å². The molecule has 3 aliphatic rings. The van der Waals surface area contributed by atoms with Gasteiger partial charge in [0.2, 0.25) is 5.91 Å².